The molecule has 4 rings (SSSR count). The molecule has 1 aliphatic rings. The first-order chi connectivity index (χ1) is 16.0. The van der Waals surface area contributed by atoms with E-state index < -0.39 is 10.0 Å². The van der Waals surface area contributed by atoms with E-state index >= 15 is 0 Å². The largest absolute Gasteiger partial charge is 0.489 e. The van der Waals surface area contributed by atoms with E-state index in [2.05, 4.69) is 5.32 Å². The highest BCUT2D eigenvalue weighted by Gasteiger charge is 2.28. The number of nitrogens with zero attached hydrogens (tertiary/aromatic N) is 1. The van der Waals surface area contributed by atoms with Crippen LogP contribution in [0.25, 0.3) is 6.08 Å². The van der Waals surface area contributed by atoms with Gasteiger partial charge in [-0.2, -0.15) is 0 Å². The van der Waals surface area contributed by atoms with E-state index in [1.165, 1.54) is 10.4 Å². The summed E-state index contributed by atoms with van der Waals surface area (Å²) in [4.78, 5) is 12.3. The van der Waals surface area contributed by atoms with Crippen LogP contribution in [-0.2, 0) is 28.0 Å². The molecule has 0 unspecified atom stereocenters. The molecule has 0 spiro atoms. The van der Waals surface area contributed by atoms with Crippen molar-refractivity contribution in [1.29, 1.82) is 0 Å². The Morgan fingerprint density at radius 1 is 0.970 bits per heavy atom. The third-order valence-corrected chi connectivity index (χ3v) is 7.24. The van der Waals surface area contributed by atoms with Gasteiger partial charge in [0.05, 0.1) is 11.4 Å². The van der Waals surface area contributed by atoms with Gasteiger partial charge in [0.15, 0.2) is 0 Å². The fourth-order valence-corrected chi connectivity index (χ4v) is 5.18. The van der Waals surface area contributed by atoms with E-state index in [0.29, 0.717) is 31.8 Å². The number of hydrogen-bond acceptors (Lipinski definition) is 4. The normalized spacial score (nSPS) is 15.0. The molecule has 1 amide bonds. The third-order valence-electron chi connectivity index (χ3n) is 5.37. The number of rotatable bonds is 8. The smallest absolute Gasteiger partial charge is 0.244 e. The third kappa shape index (κ3) is 6.02. The molecular formula is C26H26N2O4S. The van der Waals surface area contributed by atoms with Gasteiger partial charge in [0.25, 0.3) is 0 Å². The molecule has 0 radical (unpaired) electrons. The first-order valence-corrected chi connectivity index (χ1v) is 12.4. The van der Waals surface area contributed by atoms with Crippen LogP contribution in [0.1, 0.15) is 23.1 Å². The van der Waals surface area contributed by atoms with Gasteiger partial charge in [0, 0.05) is 24.7 Å². The Bertz CT molecular complexity index is 1220. The molecule has 0 atom stereocenters. The van der Waals surface area contributed by atoms with Gasteiger partial charge >= 0.3 is 0 Å². The predicted molar refractivity (Wildman–Crippen MR) is 130 cm³/mol. The molecule has 170 valence electrons. The molecule has 1 saturated heterocycles. The Kier molecular flexibility index (Phi) is 7.10. The second-order valence-corrected chi connectivity index (χ2v) is 9.78. The number of anilines is 1. The minimum Gasteiger partial charge on any atom is -0.489 e. The van der Waals surface area contributed by atoms with E-state index in [4.69, 9.17) is 4.74 Å². The topological polar surface area (TPSA) is 75.7 Å². The molecule has 1 N–H and O–H groups in total. The molecule has 1 heterocycles. The van der Waals surface area contributed by atoms with Crippen molar-refractivity contribution in [2.45, 2.75) is 19.6 Å². The second-order valence-electron chi connectivity index (χ2n) is 7.77. The summed E-state index contributed by atoms with van der Waals surface area (Å²) in [7, 11) is -3.20. The van der Waals surface area contributed by atoms with Crippen molar-refractivity contribution in [2.24, 2.45) is 0 Å². The number of carbonyl (C=O) groups is 1. The quantitative estimate of drug-likeness (QED) is 0.511. The van der Waals surface area contributed by atoms with E-state index in [1.54, 1.807) is 30.3 Å². The van der Waals surface area contributed by atoms with Gasteiger partial charge in [-0.15, -0.1) is 0 Å². The lowest BCUT2D eigenvalue weighted by Gasteiger charge is -2.16. The molecule has 33 heavy (non-hydrogen) atoms. The predicted octanol–water partition coefficient (Wildman–Crippen LogP) is 4.14. The lowest BCUT2D eigenvalue weighted by molar-refractivity contribution is -0.116. The maximum Gasteiger partial charge on any atom is 0.244 e. The van der Waals surface area contributed by atoms with Gasteiger partial charge in [-0.1, -0.05) is 60.7 Å². The van der Waals surface area contributed by atoms with Crippen molar-refractivity contribution in [3.63, 3.8) is 0 Å². The molecular weight excluding hydrogens is 436 g/mol. The first-order valence-electron chi connectivity index (χ1n) is 10.8. The molecule has 7 heteroatoms. The summed E-state index contributed by atoms with van der Waals surface area (Å²) >= 11 is 0. The van der Waals surface area contributed by atoms with Crippen LogP contribution in [0.15, 0.2) is 84.9 Å². The Labute approximate surface area is 194 Å². The van der Waals surface area contributed by atoms with Crippen molar-refractivity contribution in [1.82, 2.24) is 5.32 Å². The summed E-state index contributed by atoms with van der Waals surface area (Å²) in [5, 5.41) is 2.88. The highest BCUT2D eigenvalue weighted by molar-refractivity contribution is 7.93. The number of nitrogens with one attached hydrogen (secondary N) is 1. The molecule has 3 aromatic rings. The van der Waals surface area contributed by atoms with Crippen molar-refractivity contribution >= 4 is 27.7 Å². The van der Waals surface area contributed by atoms with Crippen LogP contribution < -0.4 is 14.4 Å². The lowest BCUT2D eigenvalue weighted by atomic mass is 10.2. The van der Waals surface area contributed by atoms with Gasteiger partial charge in [-0.25, -0.2) is 8.42 Å². The van der Waals surface area contributed by atoms with E-state index in [-0.39, 0.29) is 11.7 Å². The van der Waals surface area contributed by atoms with Crippen LogP contribution in [0.5, 0.6) is 5.75 Å². The van der Waals surface area contributed by atoms with Crippen molar-refractivity contribution in [2.75, 3.05) is 16.6 Å². The van der Waals surface area contributed by atoms with Crippen LogP contribution >= 0.6 is 0 Å². The average Bonchev–Trinajstić information content (AvgIpc) is 3.20. The number of benzene rings is 3. The molecule has 0 aromatic heterocycles. The number of ether oxygens (including phenoxy) is 1. The van der Waals surface area contributed by atoms with E-state index in [1.807, 2.05) is 54.6 Å². The van der Waals surface area contributed by atoms with Gasteiger partial charge in [-0.05, 0) is 41.8 Å². The van der Waals surface area contributed by atoms with Crippen LogP contribution in [0, 0.1) is 0 Å². The molecule has 1 aliphatic heterocycles. The molecule has 0 bridgehead atoms. The number of sulfonamides is 1. The van der Waals surface area contributed by atoms with Crippen molar-refractivity contribution < 1.29 is 17.9 Å². The van der Waals surface area contributed by atoms with E-state index in [9.17, 15) is 13.2 Å². The fraction of sp³-hybridized carbons (Fsp3) is 0.192. The van der Waals surface area contributed by atoms with Gasteiger partial charge in [-0.3, -0.25) is 9.10 Å². The van der Waals surface area contributed by atoms with Crippen molar-refractivity contribution in [3.8, 4) is 5.75 Å². The SMILES string of the molecule is O=C(C=Cc1ccc(N2CCCS2(=O)=O)cc1)NCc1ccccc1OCc1ccccc1. The summed E-state index contributed by atoms with van der Waals surface area (Å²) in [6.07, 6.45) is 3.81. The average molecular weight is 463 g/mol. The van der Waals surface area contributed by atoms with Gasteiger partial charge < -0.3 is 10.1 Å². The number of amides is 1. The maximum absolute atomic E-state index is 12.3. The highest BCUT2D eigenvalue weighted by atomic mass is 32.2. The molecule has 0 aliphatic carbocycles. The monoisotopic (exact) mass is 462 g/mol. The number of hydrogen-bond donors (Lipinski definition) is 1. The minimum absolute atomic E-state index is 0.190. The van der Waals surface area contributed by atoms with Crippen LogP contribution in [0.4, 0.5) is 5.69 Å². The van der Waals surface area contributed by atoms with Gasteiger partial charge in [0.2, 0.25) is 15.9 Å². The summed E-state index contributed by atoms with van der Waals surface area (Å²) in [6, 6.07) is 24.7. The molecule has 6 nitrogen and oxygen atoms in total. The second kappa shape index (κ2) is 10.4. The Balaban J connectivity index is 1.31. The standard InChI is InChI=1S/C26H26N2O4S/c29-26(16-13-21-11-14-24(15-12-21)28-17-6-18-33(28,30)31)27-19-23-9-4-5-10-25(23)32-20-22-7-2-1-3-8-22/h1-5,7-16H,6,17-20H2,(H,27,29). The first kappa shape index (κ1) is 22.6. The van der Waals surface area contributed by atoms with Crippen LogP contribution in [0.3, 0.4) is 0 Å². The fourth-order valence-electron chi connectivity index (χ4n) is 3.62. The van der Waals surface area contributed by atoms with E-state index in [0.717, 1.165) is 22.4 Å². The number of para-hydroxylation sites is 1. The lowest BCUT2D eigenvalue weighted by Crippen LogP contribution is -2.24. The number of carbonyl (C=O) groups excluding carboxylic acids is 1. The maximum atomic E-state index is 12.3. The Morgan fingerprint density at radius 2 is 1.70 bits per heavy atom. The zero-order valence-corrected chi connectivity index (χ0v) is 19.0. The highest BCUT2D eigenvalue weighted by Crippen LogP contribution is 2.24. The Hall–Kier alpha value is -3.58. The Morgan fingerprint density at radius 3 is 2.42 bits per heavy atom. The molecule has 3 aromatic carbocycles. The zero-order valence-electron chi connectivity index (χ0n) is 18.2. The summed E-state index contributed by atoms with van der Waals surface area (Å²) in [5.41, 5.74) is 3.44. The van der Waals surface area contributed by atoms with Gasteiger partial charge in [0.1, 0.15) is 12.4 Å². The van der Waals surface area contributed by atoms with Crippen LogP contribution in [-0.4, -0.2) is 26.6 Å². The van der Waals surface area contributed by atoms with Crippen LogP contribution in [0.2, 0.25) is 0 Å². The molecule has 1 fully saturated rings. The minimum atomic E-state index is -3.20. The molecule has 0 saturated carbocycles. The summed E-state index contributed by atoms with van der Waals surface area (Å²) in [5.74, 6) is 0.701. The summed E-state index contributed by atoms with van der Waals surface area (Å²) in [6.45, 7) is 1.32. The van der Waals surface area contributed by atoms with Crippen molar-refractivity contribution in [3.05, 3.63) is 102 Å². The summed E-state index contributed by atoms with van der Waals surface area (Å²) < 4.78 is 31.4. The zero-order chi connectivity index (χ0) is 23.1.